The molecule has 0 radical (unpaired) electrons. The van der Waals surface area contributed by atoms with Gasteiger partial charge in [0.25, 0.3) is 6.23 Å². The summed E-state index contributed by atoms with van der Waals surface area (Å²) in [6.07, 6.45) is -6.47. The number of nitrogens with one attached hydrogen (secondary N) is 1. The molecular weight excluding hydrogens is 173 g/mol. The Hall–Kier alpha value is -0.780. The first-order valence-electron chi connectivity index (χ1n) is 3.47. The Bertz CT molecular complexity index is 199. The summed E-state index contributed by atoms with van der Waals surface area (Å²) in [7, 11) is 0. The third-order valence-electron chi connectivity index (χ3n) is 1.36. The fourth-order valence-corrected chi connectivity index (χ4v) is 0.702. The number of nitrogens with zero attached hydrogens (tertiary/aromatic N) is 1. The molecule has 6 heteroatoms. The Kier molecular flexibility index (Phi) is 2.27. The summed E-state index contributed by atoms with van der Waals surface area (Å²) in [6.45, 7) is 3.46. The summed E-state index contributed by atoms with van der Waals surface area (Å²) < 4.78 is 35.8. The van der Waals surface area contributed by atoms with Crippen molar-refractivity contribution in [1.29, 1.82) is 0 Å². The third kappa shape index (κ3) is 1.88. The van der Waals surface area contributed by atoms with Gasteiger partial charge in [-0.1, -0.05) is 13.8 Å². The SMILES string of the molecule is CC(C)C1=NC(C(F)(F)F)ON1. The lowest BCUT2D eigenvalue weighted by molar-refractivity contribution is -0.220. The zero-order valence-corrected chi connectivity index (χ0v) is 6.64. The molecule has 0 aromatic carbocycles. The fourth-order valence-electron chi connectivity index (χ4n) is 0.702. The first-order chi connectivity index (χ1) is 5.41. The topological polar surface area (TPSA) is 33.6 Å². The highest BCUT2D eigenvalue weighted by Gasteiger charge is 2.44. The van der Waals surface area contributed by atoms with Crippen LogP contribution in [0.2, 0.25) is 0 Å². The number of hydroxylamine groups is 1. The zero-order chi connectivity index (χ0) is 9.35. The van der Waals surface area contributed by atoms with E-state index in [9.17, 15) is 13.2 Å². The predicted octanol–water partition coefficient (Wildman–Crippen LogP) is 1.46. The second kappa shape index (κ2) is 2.93. The quantitative estimate of drug-likeness (QED) is 0.666. The highest BCUT2D eigenvalue weighted by molar-refractivity contribution is 5.84. The van der Waals surface area contributed by atoms with Crippen LogP contribution in [0.15, 0.2) is 4.99 Å². The molecule has 0 fully saturated rings. The molecule has 0 aromatic heterocycles. The number of hydrogen-bond donors (Lipinski definition) is 1. The number of halogens is 3. The molecule has 3 nitrogen and oxygen atoms in total. The van der Waals surface area contributed by atoms with Crippen LogP contribution in [-0.2, 0) is 4.84 Å². The predicted molar refractivity (Wildman–Crippen MR) is 36.3 cm³/mol. The van der Waals surface area contributed by atoms with Crippen molar-refractivity contribution in [2.45, 2.75) is 26.3 Å². The van der Waals surface area contributed by atoms with Crippen LogP contribution in [0, 0.1) is 5.92 Å². The Labute approximate surface area is 67.6 Å². The van der Waals surface area contributed by atoms with E-state index in [-0.39, 0.29) is 11.8 Å². The maximum Gasteiger partial charge on any atom is 0.437 e. The zero-order valence-electron chi connectivity index (χ0n) is 6.64. The van der Waals surface area contributed by atoms with E-state index in [4.69, 9.17) is 0 Å². The number of hydrogen-bond acceptors (Lipinski definition) is 3. The van der Waals surface area contributed by atoms with E-state index < -0.39 is 12.4 Å². The van der Waals surface area contributed by atoms with Crippen LogP contribution in [0.25, 0.3) is 0 Å². The molecule has 0 amide bonds. The molecule has 0 spiro atoms. The molecule has 0 saturated heterocycles. The van der Waals surface area contributed by atoms with E-state index in [0.717, 1.165) is 0 Å². The monoisotopic (exact) mass is 182 g/mol. The Morgan fingerprint density at radius 1 is 1.50 bits per heavy atom. The van der Waals surface area contributed by atoms with Gasteiger partial charge >= 0.3 is 6.18 Å². The first-order valence-corrected chi connectivity index (χ1v) is 3.47. The van der Waals surface area contributed by atoms with Crippen LogP contribution in [0.1, 0.15) is 13.8 Å². The van der Waals surface area contributed by atoms with Crippen molar-refractivity contribution >= 4 is 5.84 Å². The van der Waals surface area contributed by atoms with Crippen LogP contribution in [0.3, 0.4) is 0 Å². The average molecular weight is 182 g/mol. The summed E-state index contributed by atoms with van der Waals surface area (Å²) in [6, 6.07) is 0. The van der Waals surface area contributed by atoms with Crippen LogP contribution >= 0.6 is 0 Å². The van der Waals surface area contributed by atoms with E-state index in [2.05, 4.69) is 15.3 Å². The summed E-state index contributed by atoms with van der Waals surface area (Å²) in [5.74, 6) is 0.148. The summed E-state index contributed by atoms with van der Waals surface area (Å²) in [5.41, 5.74) is 2.14. The molecule has 0 aliphatic carbocycles. The maximum atomic E-state index is 11.9. The Balaban J connectivity index is 2.65. The lowest BCUT2D eigenvalue weighted by Crippen LogP contribution is -2.29. The van der Waals surface area contributed by atoms with Gasteiger partial charge in [0.05, 0.1) is 0 Å². The lowest BCUT2D eigenvalue weighted by Gasteiger charge is -2.08. The minimum atomic E-state index is -4.43. The van der Waals surface area contributed by atoms with Crippen molar-refractivity contribution in [1.82, 2.24) is 5.48 Å². The molecule has 0 bridgehead atoms. The lowest BCUT2D eigenvalue weighted by atomic mass is 10.2. The second-order valence-corrected chi connectivity index (χ2v) is 2.78. The number of aliphatic imine (C=N–C) groups is 1. The van der Waals surface area contributed by atoms with E-state index in [1.165, 1.54) is 0 Å². The van der Waals surface area contributed by atoms with Gasteiger partial charge in [0, 0.05) is 5.92 Å². The molecular formula is C6H9F3N2O. The van der Waals surface area contributed by atoms with E-state index >= 15 is 0 Å². The van der Waals surface area contributed by atoms with Crippen LogP contribution < -0.4 is 5.48 Å². The summed E-state index contributed by atoms with van der Waals surface area (Å²) >= 11 is 0. The highest BCUT2D eigenvalue weighted by atomic mass is 19.4. The normalized spacial score (nSPS) is 24.2. The molecule has 1 atom stereocenters. The van der Waals surface area contributed by atoms with Gasteiger partial charge in [-0.05, 0) is 0 Å². The van der Waals surface area contributed by atoms with Crippen LogP contribution in [0.5, 0.6) is 0 Å². The third-order valence-corrected chi connectivity index (χ3v) is 1.36. The van der Waals surface area contributed by atoms with Gasteiger partial charge in [-0.2, -0.15) is 13.2 Å². The van der Waals surface area contributed by atoms with Gasteiger partial charge in [-0.15, -0.1) is 0 Å². The molecule has 0 aromatic rings. The van der Waals surface area contributed by atoms with Gasteiger partial charge in [0.15, 0.2) is 0 Å². The van der Waals surface area contributed by atoms with Gasteiger partial charge in [0.2, 0.25) is 0 Å². The molecule has 1 heterocycles. The van der Waals surface area contributed by atoms with Gasteiger partial charge in [0.1, 0.15) is 5.84 Å². The fraction of sp³-hybridized carbons (Fsp3) is 0.833. The smallest absolute Gasteiger partial charge is 0.250 e. The molecule has 1 N–H and O–H groups in total. The molecule has 12 heavy (non-hydrogen) atoms. The van der Waals surface area contributed by atoms with E-state index in [1.807, 2.05) is 0 Å². The molecule has 0 saturated carbocycles. The molecule has 70 valence electrons. The average Bonchev–Trinajstić information content (AvgIpc) is 2.30. The highest BCUT2D eigenvalue weighted by Crippen LogP contribution is 2.26. The molecule has 1 unspecified atom stereocenters. The van der Waals surface area contributed by atoms with Crippen LogP contribution in [0.4, 0.5) is 13.2 Å². The van der Waals surface area contributed by atoms with Crippen LogP contribution in [-0.4, -0.2) is 18.2 Å². The van der Waals surface area contributed by atoms with Crippen molar-refractivity contribution in [3.05, 3.63) is 0 Å². The number of alkyl halides is 3. The minimum absolute atomic E-state index is 0.0858. The number of rotatable bonds is 1. The standard InChI is InChI=1S/C6H9F3N2O/c1-3(2)4-10-5(12-11-4)6(7,8)9/h3,5H,1-2H3,(H,10,11). The first kappa shape index (κ1) is 9.31. The maximum absolute atomic E-state index is 11.9. The van der Waals surface area contributed by atoms with Gasteiger partial charge in [-0.3, -0.25) is 5.48 Å². The van der Waals surface area contributed by atoms with Crippen molar-refractivity contribution in [2.24, 2.45) is 10.9 Å². The van der Waals surface area contributed by atoms with Crippen molar-refractivity contribution in [3.63, 3.8) is 0 Å². The van der Waals surface area contributed by atoms with Crippen molar-refractivity contribution in [2.75, 3.05) is 0 Å². The van der Waals surface area contributed by atoms with Crippen molar-refractivity contribution < 1.29 is 18.0 Å². The Morgan fingerprint density at radius 2 is 2.08 bits per heavy atom. The van der Waals surface area contributed by atoms with Gasteiger partial charge in [-0.25, -0.2) is 9.83 Å². The summed E-state index contributed by atoms with van der Waals surface area (Å²) in [4.78, 5) is 7.53. The molecule has 1 aliphatic rings. The van der Waals surface area contributed by atoms with Crippen molar-refractivity contribution in [3.8, 4) is 0 Å². The second-order valence-electron chi connectivity index (χ2n) is 2.78. The number of amidine groups is 1. The van der Waals surface area contributed by atoms with Gasteiger partial charge < -0.3 is 0 Å². The summed E-state index contributed by atoms with van der Waals surface area (Å²) in [5, 5.41) is 0. The minimum Gasteiger partial charge on any atom is -0.250 e. The Morgan fingerprint density at radius 3 is 2.33 bits per heavy atom. The van der Waals surface area contributed by atoms with E-state index in [1.54, 1.807) is 13.8 Å². The largest absolute Gasteiger partial charge is 0.437 e. The molecule has 1 aliphatic heterocycles. The van der Waals surface area contributed by atoms with E-state index in [0.29, 0.717) is 0 Å². The molecule has 1 rings (SSSR count).